The lowest BCUT2D eigenvalue weighted by atomic mass is 10.0. The molecule has 0 spiro atoms. The molecule has 1 fully saturated rings. The van der Waals surface area contributed by atoms with E-state index >= 15 is 0 Å². The highest BCUT2D eigenvalue weighted by Crippen LogP contribution is 2.22. The summed E-state index contributed by atoms with van der Waals surface area (Å²) in [5.74, 6) is -0.857. The van der Waals surface area contributed by atoms with Gasteiger partial charge in [-0.15, -0.1) is 0 Å². The molecule has 4 nitrogen and oxygen atoms in total. The Morgan fingerprint density at radius 1 is 1.42 bits per heavy atom. The van der Waals surface area contributed by atoms with Gasteiger partial charge in [0.1, 0.15) is 0 Å². The van der Waals surface area contributed by atoms with E-state index in [0.29, 0.717) is 19.4 Å². The summed E-state index contributed by atoms with van der Waals surface area (Å²) in [5.41, 5.74) is 0. The van der Waals surface area contributed by atoms with Crippen LogP contribution in [0.3, 0.4) is 0 Å². The number of carbonyl (C=O) groups is 2. The average molecular weight is 278 g/mol. The molecule has 108 valence electrons. The molecule has 0 bridgehead atoms. The number of hydrogen-bond donors (Lipinski definition) is 1. The number of alkyl halides is 3. The highest BCUT2D eigenvalue weighted by Gasteiger charge is 2.30. The van der Waals surface area contributed by atoms with E-state index in [1.165, 1.54) is 4.90 Å². The molecule has 0 radical (unpaired) electrons. The number of carbonyl (C=O) groups excluding carboxylic acids is 2. The third-order valence-corrected chi connectivity index (χ3v) is 2.93. The molecule has 0 aliphatic carbocycles. The Morgan fingerprint density at radius 3 is 2.68 bits per heavy atom. The van der Waals surface area contributed by atoms with Crippen LogP contribution in [0.4, 0.5) is 13.2 Å². The predicted octanol–water partition coefficient (Wildman–Crippen LogP) is 1.62. The van der Waals surface area contributed by atoms with Crippen molar-refractivity contribution in [3.63, 3.8) is 0 Å². The first-order valence-corrected chi connectivity index (χ1v) is 6.09. The van der Waals surface area contributed by atoms with Crippen LogP contribution in [0.25, 0.3) is 0 Å². The number of rotatable bonds is 4. The average Bonchev–Trinajstić information content (AvgIpc) is 2.35. The summed E-state index contributed by atoms with van der Waals surface area (Å²) in [4.78, 5) is 24.1. The zero-order chi connectivity index (χ0) is 14.5. The Kier molecular flexibility index (Phi) is 5.38. The second-order valence-corrected chi connectivity index (χ2v) is 4.51. The first kappa shape index (κ1) is 15.5. The Labute approximate surface area is 109 Å². The molecule has 1 heterocycles. The number of halogens is 3. The summed E-state index contributed by atoms with van der Waals surface area (Å²) in [6, 6.07) is -0.214. The van der Waals surface area contributed by atoms with Crippen LogP contribution in [-0.4, -0.2) is 42.0 Å². The number of likely N-dealkylation sites (tertiary alicyclic amines) is 1. The van der Waals surface area contributed by atoms with Gasteiger partial charge in [-0.05, 0) is 18.9 Å². The monoisotopic (exact) mass is 278 g/mol. The van der Waals surface area contributed by atoms with Crippen LogP contribution in [0.15, 0.2) is 12.7 Å². The first-order chi connectivity index (χ1) is 8.81. The summed E-state index contributed by atoms with van der Waals surface area (Å²) in [6.07, 6.45) is -3.45. The maximum Gasteiger partial charge on any atom is 0.389 e. The van der Waals surface area contributed by atoms with E-state index in [4.69, 9.17) is 0 Å². The van der Waals surface area contributed by atoms with Gasteiger partial charge in [0.15, 0.2) is 0 Å². The van der Waals surface area contributed by atoms with Crippen LogP contribution < -0.4 is 5.32 Å². The smallest absolute Gasteiger partial charge is 0.348 e. The normalized spacial score (nSPS) is 19.9. The molecule has 0 aromatic heterocycles. The minimum atomic E-state index is -4.32. The Morgan fingerprint density at radius 2 is 2.11 bits per heavy atom. The predicted molar refractivity (Wildman–Crippen MR) is 63.2 cm³/mol. The van der Waals surface area contributed by atoms with Crippen molar-refractivity contribution in [2.75, 3.05) is 13.1 Å². The van der Waals surface area contributed by atoms with Crippen molar-refractivity contribution >= 4 is 11.8 Å². The van der Waals surface area contributed by atoms with Crippen LogP contribution in [0.1, 0.15) is 25.7 Å². The first-order valence-electron chi connectivity index (χ1n) is 6.09. The van der Waals surface area contributed by atoms with E-state index in [1.54, 1.807) is 0 Å². The number of piperidine rings is 1. The summed E-state index contributed by atoms with van der Waals surface area (Å²) in [5, 5.41) is 2.65. The van der Waals surface area contributed by atoms with Gasteiger partial charge in [-0.25, -0.2) is 0 Å². The summed E-state index contributed by atoms with van der Waals surface area (Å²) in [7, 11) is 0. The van der Waals surface area contributed by atoms with Crippen LogP contribution in [0.2, 0.25) is 0 Å². The molecule has 0 unspecified atom stereocenters. The fraction of sp³-hybridized carbons (Fsp3) is 0.667. The number of amides is 2. The molecule has 0 aromatic rings. The van der Waals surface area contributed by atoms with Crippen LogP contribution in [0, 0.1) is 0 Å². The molecule has 2 amide bonds. The molecule has 1 N–H and O–H groups in total. The van der Waals surface area contributed by atoms with E-state index in [-0.39, 0.29) is 18.5 Å². The molecule has 1 aliphatic rings. The highest BCUT2D eigenvalue weighted by molar-refractivity contribution is 5.87. The van der Waals surface area contributed by atoms with Gasteiger partial charge in [-0.2, -0.15) is 13.2 Å². The van der Waals surface area contributed by atoms with Crippen molar-refractivity contribution in [2.45, 2.75) is 37.9 Å². The summed E-state index contributed by atoms with van der Waals surface area (Å²) >= 11 is 0. The third-order valence-electron chi connectivity index (χ3n) is 2.93. The molecular formula is C12H17F3N2O2. The van der Waals surface area contributed by atoms with Crippen molar-refractivity contribution in [2.24, 2.45) is 0 Å². The molecular weight excluding hydrogens is 261 g/mol. The Hall–Kier alpha value is -1.53. The largest absolute Gasteiger partial charge is 0.389 e. The topological polar surface area (TPSA) is 49.4 Å². The molecule has 1 atom stereocenters. The lowest BCUT2D eigenvalue weighted by Crippen LogP contribution is -2.49. The summed E-state index contributed by atoms with van der Waals surface area (Å²) < 4.78 is 36.1. The number of nitrogens with zero attached hydrogens (tertiary/aromatic N) is 1. The van der Waals surface area contributed by atoms with E-state index in [9.17, 15) is 22.8 Å². The molecule has 0 saturated carbocycles. The van der Waals surface area contributed by atoms with Gasteiger partial charge in [-0.1, -0.05) is 6.58 Å². The fourth-order valence-electron chi connectivity index (χ4n) is 1.99. The number of hydrogen-bond acceptors (Lipinski definition) is 2. The maximum absolute atomic E-state index is 12.0. The fourth-order valence-corrected chi connectivity index (χ4v) is 1.99. The van der Waals surface area contributed by atoms with Crippen molar-refractivity contribution in [3.8, 4) is 0 Å². The minimum Gasteiger partial charge on any atom is -0.348 e. The molecule has 1 saturated heterocycles. The molecule has 7 heteroatoms. The van der Waals surface area contributed by atoms with Crippen LogP contribution in [-0.2, 0) is 9.59 Å². The molecule has 1 rings (SSSR count). The van der Waals surface area contributed by atoms with Gasteiger partial charge < -0.3 is 10.2 Å². The molecule has 0 aromatic carbocycles. The van der Waals surface area contributed by atoms with Gasteiger partial charge in [-0.3, -0.25) is 9.59 Å². The number of nitrogens with one attached hydrogen (secondary N) is 1. The van der Waals surface area contributed by atoms with Gasteiger partial charge in [0.25, 0.3) is 0 Å². The molecule has 1 aliphatic heterocycles. The standard InChI is InChI=1S/C12H17F3N2O2/c1-2-10(18)16-9-4-3-7-17(8-9)11(19)5-6-12(13,14)15/h2,9H,1,3-8H2,(H,16,18)/t9-/m1/s1. The van der Waals surface area contributed by atoms with Gasteiger partial charge >= 0.3 is 6.18 Å². The summed E-state index contributed by atoms with van der Waals surface area (Å²) in [6.45, 7) is 4.02. The maximum atomic E-state index is 12.0. The second-order valence-electron chi connectivity index (χ2n) is 4.51. The lowest BCUT2D eigenvalue weighted by molar-refractivity contribution is -0.149. The highest BCUT2D eigenvalue weighted by atomic mass is 19.4. The van der Waals surface area contributed by atoms with Crippen molar-refractivity contribution in [1.29, 1.82) is 0 Å². The van der Waals surface area contributed by atoms with Gasteiger partial charge in [0.2, 0.25) is 11.8 Å². The minimum absolute atomic E-state index is 0.214. The van der Waals surface area contributed by atoms with Gasteiger partial charge in [0, 0.05) is 25.6 Å². The van der Waals surface area contributed by atoms with E-state index < -0.39 is 24.9 Å². The Bertz CT molecular complexity index is 355. The van der Waals surface area contributed by atoms with Crippen LogP contribution >= 0.6 is 0 Å². The van der Waals surface area contributed by atoms with Crippen molar-refractivity contribution in [1.82, 2.24) is 10.2 Å². The Balaban J connectivity index is 2.43. The van der Waals surface area contributed by atoms with Crippen molar-refractivity contribution in [3.05, 3.63) is 12.7 Å². The third kappa shape index (κ3) is 5.76. The van der Waals surface area contributed by atoms with Crippen LogP contribution in [0.5, 0.6) is 0 Å². The second kappa shape index (κ2) is 6.58. The van der Waals surface area contributed by atoms with E-state index in [1.807, 2.05) is 0 Å². The quantitative estimate of drug-likeness (QED) is 0.794. The zero-order valence-corrected chi connectivity index (χ0v) is 10.5. The lowest BCUT2D eigenvalue weighted by Gasteiger charge is -2.33. The van der Waals surface area contributed by atoms with E-state index in [2.05, 4.69) is 11.9 Å². The zero-order valence-electron chi connectivity index (χ0n) is 10.5. The van der Waals surface area contributed by atoms with E-state index in [0.717, 1.165) is 6.08 Å². The van der Waals surface area contributed by atoms with Crippen molar-refractivity contribution < 1.29 is 22.8 Å². The SMILES string of the molecule is C=CC(=O)N[C@@H]1CCCN(C(=O)CCC(F)(F)F)C1. The molecule has 19 heavy (non-hydrogen) atoms. The van der Waals surface area contributed by atoms with Gasteiger partial charge in [0.05, 0.1) is 6.42 Å².